The third kappa shape index (κ3) is 4.89. The van der Waals surface area contributed by atoms with Gasteiger partial charge in [0.2, 0.25) is 11.8 Å². The standard InChI is InChI=1S/C27H32N4O3S.H2/c1-2-30-25(33)23(35-26(30)20-9-4-3-5-10-20)18-24(32)29-15-13-21(14-16-29)31-17-12-19-8-6-7-11-22(19)28-27(31)34;/h3-11,21,23,26H,2,12-18H2,1H3,(H,28,34);1H. The van der Waals surface area contributed by atoms with E-state index in [4.69, 9.17) is 0 Å². The molecule has 35 heavy (non-hydrogen) atoms. The lowest BCUT2D eigenvalue weighted by Gasteiger charge is -2.38. The first kappa shape index (κ1) is 23.7. The second-order valence-electron chi connectivity index (χ2n) is 9.36. The zero-order valence-corrected chi connectivity index (χ0v) is 20.9. The highest BCUT2D eigenvalue weighted by Crippen LogP contribution is 2.44. The Hall–Kier alpha value is -3.00. The number of thioether (sulfide) groups is 1. The molecule has 2 fully saturated rings. The third-order valence-electron chi connectivity index (χ3n) is 7.32. The average molecular weight is 495 g/mol. The minimum absolute atomic E-state index is 0. The first-order chi connectivity index (χ1) is 17.0. The number of benzene rings is 2. The normalized spacial score (nSPS) is 23.2. The summed E-state index contributed by atoms with van der Waals surface area (Å²) in [6, 6.07) is 18.0. The van der Waals surface area contributed by atoms with Crippen LogP contribution in [0.5, 0.6) is 0 Å². The van der Waals surface area contributed by atoms with Gasteiger partial charge in [0.1, 0.15) is 5.37 Å². The Morgan fingerprint density at radius 3 is 2.49 bits per heavy atom. The summed E-state index contributed by atoms with van der Waals surface area (Å²) in [4.78, 5) is 44.7. The summed E-state index contributed by atoms with van der Waals surface area (Å²) < 4.78 is 0. The Balaban J connectivity index is 0.00000304. The number of carbonyl (C=O) groups excluding carboxylic acids is 3. The van der Waals surface area contributed by atoms with Crippen molar-refractivity contribution in [3.63, 3.8) is 0 Å². The molecular weight excluding hydrogens is 460 g/mol. The van der Waals surface area contributed by atoms with Gasteiger partial charge in [0.05, 0.1) is 5.25 Å². The van der Waals surface area contributed by atoms with Crippen molar-refractivity contribution in [2.75, 3.05) is 31.5 Å². The maximum Gasteiger partial charge on any atom is 0.322 e. The number of likely N-dealkylation sites (tertiary alicyclic amines) is 1. The third-order valence-corrected chi connectivity index (χ3v) is 8.80. The van der Waals surface area contributed by atoms with Gasteiger partial charge in [0, 0.05) is 45.8 Å². The van der Waals surface area contributed by atoms with Crippen molar-refractivity contribution in [1.29, 1.82) is 0 Å². The second kappa shape index (κ2) is 10.3. The zero-order valence-electron chi connectivity index (χ0n) is 20.1. The number of piperidine rings is 1. The molecule has 0 radical (unpaired) electrons. The van der Waals surface area contributed by atoms with E-state index >= 15 is 0 Å². The fraction of sp³-hybridized carbons (Fsp3) is 0.444. The molecule has 3 aliphatic heterocycles. The van der Waals surface area contributed by atoms with E-state index in [1.165, 1.54) is 0 Å². The van der Waals surface area contributed by atoms with Crippen LogP contribution in [0.3, 0.4) is 0 Å². The summed E-state index contributed by atoms with van der Waals surface area (Å²) >= 11 is 1.58. The minimum atomic E-state index is -0.347. The summed E-state index contributed by atoms with van der Waals surface area (Å²) in [5.74, 6) is 0.0854. The Kier molecular flexibility index (Phi) is 7.00. The minimum Gasteiger partial charge on any atom is -0.342 e. The molecule has 0 bridgehead atoms. The number of rotatable bonds is 5. The van der Waals surface area contributed by atoms with Gasteiger partial charge in [0.25, 0.3) is 0 Å². The molecule has 2 atom stereocenters. The van der Waals surface area contributed by atoms with Crippen LogP contribution in [0.2, 0.25) is 0 Å². The number of hydrogen-bond donors (Lipinski definition) is 1. The number of carbonyl (C=O) groups is 3. The van der Waals surface area contributed by atoms with E-state index in [1.54, 1.807) is 11.8 Å². The highest BCUT2D eigenvalue weighted by molar-refractivity contribution is 8.01. The molecule has 8 heteroatoms. The Morgan fingerprint density at radius 1 is 1.03 bits per heavy atom. The van der Waals surface area contributed by atoms with Crippen LogP contribution in [-0.4, -0.2) is 70.0 Å². The fourth-order valence-corrected chi connectivity index (χ4v) is 6.89. The number of anilines is 1. The quantitative estimate of drug-likeness (QED) is 0.670. The molecule has 186 valence electrons. The van der Waals surface area contributed by atoms with Gasteiger partial charge in [-0.25, -0.2) is 4.79 Å². The number of hydrogen-bond acceptors (Lipinski definition) is 4. The molecule has 3 heterocycles. The molecule has 7 nitrogen and oxygen atoms in total. The van der Waals surface area contributed by atoms with Crippen LogP contribution in [0.15, 0.2) is 54.6 Å². The van der Waals surface area contributed by atoms with Crippen molar-refractivity contribution in [2.24, 2.45) is 0 Å². The smallest absolute Gasteiger partial charge is 0.322 e. The lowest BCUT2D eigenvalue weighted by molar-refractivity contribution is -0.136. The number of fused-ring (bicyclic) bond motifs is 1. The van der Waals surface area contributed by atoms with Gasteiger partial charge in [0.15, 0.2) is 0 Å². The number of nitrogens with one attached hydrogen (secondary N) is 1. The monoisotopic (exact) mass is 494 g/mol. The van der Waals surface area contributed by atoms with E-state index in [0.717, 1.165) is 36.1 Å². The fourth-order valence-electron chi connectivity index (χ4n) is 5.37. The first-order valence-corrected chi connectivity index (χ1v) is 13.4. The van der Waals surface area contributed by atoms with Gasteiger partial charge < -0.3 is 20.0 Å². The summed E-state index contributed by atoms with van der Waals surface area (Å²) in [5, 5.41) is 2.66. The van der Waals surface area contributed by atoms with Gasteiger partial charge in [-0.3, -0.25) is 9.59 Å². The van der Waals surface area contributed by atoms with Gasteiger partial charge in [-0.1, -0.05) is 48.5 Å². The predicted octanol–water partition coefficient (Wildman–Crippen LogP) is 4.37. The maximum absolute atomic E-state index is 13.1. The van der Waals surface area contributed by atoms with E-state index < -0.39 is 0 Å². The molecular formula is C27H34N4O3S. The molecule has 2 aromatic carbocycles. The van der Waals surface area contributed by atoms with Crippen molar-refractivity contribution >= 4 is 35.3 Å². The first-order valence-electron chi connectivity index (χ1n) is 12.5. The number of amides is 4. The van der Waals surface area contributed by atoms with E-state index in [-0.39, 0.29) is 42.4 Å². The summed E-state index contributed by atoms with van der Waals surface area (Å²) in [6.45, 7) is 4.53. The van der Waals surface area contributed by atoms with Crippen molar-refractivity contribution < 1.29 is 15.8 Å². The van der Waals surface area contributed by atoms with Crippen molar-refractivity contribution in [1.82, 2.24) is 14.7 Å². The highest BCUT2D eigenvalue weighted by atomic mass is 32.2. The summed E-state index contributed by atoms with van der Waals surface area (Å²) in [5.41, 5.74) is 3.15. The van der Waals surface area contributed by atoms with Crippen molar-refractivity contribution in [3.05, 3.63) is 65.7 Å². The predicted molar refractivity (Wildman–Crippen MR) is 140 cm³/mol. The largest absolute Gasteiger partial charge is 0.342 e. The Labute approximate surface area is 212 Å². The number of nitrogens with zero attached hydrogens (tertiary/aromatic N) is 3. The molecule has 1 N–H and O–H groups in total. The topological polar surface area (TPSA) is 73.0 Å². The van der Waals surface area contributed by atoms with Gasteiger partial charge in [-0.05, 0) is 43.4 Å². The lowest BCUT2D eigenvalue weighted by atomic mass is 10.0. The molecule has 0 spiro atoms. The van der Waals surface area contributed by atoms with Crippen molar-refractivity contribution in [2.45, 2.75) is 49.3 Å². The molecule has 5 rings (SSSR count). The van der Waals surface area contributed by atoms with E-state index in [0.29, 0.717) is 26.2 Å². The summed E-state index contributed by atoms with van der Waals surface area (Å²) in [6.07, 6.45) is 2.57. The highest BCUT2D eigenvalue weighted by Gasteiger charge is 2.42. The Bertz CT molecular complexity index is 1090. The van der Waals surface area contributed by atoms with E-state index in [9.17, 15) is 14.4 Å². The van der Waals surface area contributed by atoms with E-state index in [1.807, 2.05) is 70.2 Å². The van der Waals surface area contributed by atoms with Crippen molar-refractivity contribution in [3.8, 4) is 0 Å². The van der Waals surface area contributed by atoms with Crippen LogP contribution in [-0.2, 0) is 16.0 Å². The molecule has 0 aliphatic carbocycles. The number of urea groups is 1. The Morgan fingerprint density at radius 2 is 1.74 bits per heavy atom. The molecule has 2 aromatic rings. The lowest BCUT2D eigenvalue weighted by Crippen LogP contribution is -2.50. The van der Waals surface area contributed by atoms with Gasteiger partial charge in [-0.2, -0.15) is 0 Å². The SMILES string of the molecule is CCN1C(=O)C(CC(=O)N2CCC(N3CCc4ccccc4NC3=O)CC2)SC1c1ccccc1.[HH]. The number of para-hydroxylation sites is 1. The molecule has 4 amide bonds. The molecule has 2 unspecified atom stereocenters. The maximum atomic E-state index is 13.1. The van der Waals surface area contributed by atoms with Crippen LogP contribution in [0.4, 0.5) is 10.5 Å². The zero-order chi connectivity index (χ0) is 24.4. The van der Waals surface area contributed by atoms with Crippen LogP contribution < -0.4 is 5.32 Å². The second-order valence-corrected chi connectivity index (χ2v) is 10.6. The molecule has 2 saturated heterocycles. The van der Waals surface area contributed by atoms with Crippen LogP contribution >= 0.6 is 11.8 Å². The molecule has 3 aliphatic rings. The average Bonchev–Trinajstić information content (AvgIpc) is 3.09. The molecule has 0 aromatic heterocycles. The van der Waals surface area contributed by atoms with Crippen LogP contribution in [0, 0.1) is 0 Å². The van der Waals surface area contributed by atoms with Crippen LogP contribution in [0.25, 0.3) is 0 Å². The van der Waals surface area contributed by atoms with Gasteiger partial charge >= 0.3 is 6.03 Å². The van der Waals surface area contributed by atoms with Gasteiger partial charge in [-0.15, -0.1) is 11.8 Å². The van der Waals surface area contributed by atoms with Crippen LogP contribution in [0.1, 0.15) is 44.1 Å². The molecule has 0 saturated carbocycles. The van der Waals surface area contributed by atoms with E-state index in [2.05, 4.69) is 11.4 Å². The summed E-state index contributed by atoms with van der Waals surface area (Å²) in [7, 11) is 0.